The van der Waals surface area contributed by atoms with Crippen molar-refractivity contribution < 1.29 is 4.79 Å². The maximum Gasteiger partial charge on any atom is 0.249 e. The quantitative estimate of drug-likeness (QED) is 0.789. The van der Waals surface area contributed by atoms with Crippen LogP contribution in [0.1, 0.15) is 22.3 Å². The Bertz CT molecular complexity index is 339. The lowest BCUT2D eigenvalue weighted by molar-refractivity contribution is 0.1000. The van der Waals surface area contributed by atoms with Crippen molar-refractivity contribution in [2.75, 3.05) is 6.54 Å². The molecule has 0 aliphatic heterocycles. The highest BCUT2D eigenvalue weighted by Gasteiger charge is 2.08. The van der Waals surface area contributed by atoms with Gasteiger partial charge >= 0.3 is 0 Å². The van der Waals surface area contributed by atoms with E-state index in [2.05, 4.69) is 0 Å². The third kappa shape index (κ3) is 2.72. The first kappa shape index (κ1) is 11.0. The van der Waals surface area contributed by atoms with Crippen LogP contribution < -0.4 is 11.5 Å². The molecule has 0 aromatic heterocycles. The number of hydrogen-bond donors (Lipinski definition) is 2. The molecule has 4 heteroatoms. The Labute approximate surface area is 88.0 Å². The largest absolute Gasteiger partial charge is 0.366 e. The second-order valence-corrected chi connectivity index (χ2v) is 3.31. The average molecular weight is 212 g/mol. The van der Waals surface area contributed by atoms with E-state index in [0.29, 0.717) is 23.6 Å². The van der Waals surface area contributed by atoms with E-state index < -0.39 is 5.91 Å². The fourth-order valence-corrected chi connectivity index (χ4v) is 1.33. The molecular weight excluding hydrogens is 200 g/mol. The first-order valence-corrected chi connectivity index (χ1v) is 4.65. The molecule has 1 aromatic rings. The van der Waals surface area contributed by atoms with Crippen LogP contribution in [-0.2, 0) is 0 Å². The van der Waals surface area contributed by atoms with Crippen LogP contribution in [0, 0.1) is 6.42 Å². The Morgan fingerprint density at radius 1 is 1.50 bits per heavy atom. The Morgan fingerprint density at radius 2 is 2.21 bits per heavy atom. The van der Waals surface area contributed by atoms with Crippen molar-refractivity contribution in [2.45, 2.75) is 6.42 Å². The second-order valence-electron chi connectivity index (χ2n) is 2.88. The maximum absolute atomic E-state index is 11.0. The number of halogens is 1. The van der Waals surface area contributed by atoms with Gasteiger partial charge in [0.1, 0.15) is 0 Å². The van der Waals surface area contributed by atoms with E-state index in [1.807, 2.05) is 6.42 Å². The monoisotopic (exact) mass is 211 g/mol. The molecule has 0 aliphatic rings. The number of amides is 1. The van der Waals surface area contributed by atoms with Crippen molar-refractivity contribution in [3.05, 3.63) is 40.8 Å². The van der Waals surface area contributed by atoms with E-state index in [-0.39, 0.29) is 0 Å². The van der Waals surface area contributed by atoms with Crippen LogP contribution in [0.25, 0.3) is 0 Å². The van der Waals surface area contributed by atoms with E-state index in [9.17, 15) is 4.79 Å². The van der Waals surface area contributed by atoms with Crippen molar-refractivity contribution in [3.8, 4) is 0 Å². The summed E-state index contributed by atoms with van der Waals surface area (Å²) in [5, 5.41) is 0.503. The molecule has 14 heavy (non-hydrogen) atoms. The Hall–Kier alpha value is -1.06. The topological polar surface area (TPSA) is 69.1 Å². The summed E-state index contributed by atoms with van der Waals surface area (Å²) >= 11 is 5.75. The summed E-state index contributed by atoms with van der Waals surface area (Å²) < 4.78 is 0. The normalized spacial score (nSPS) is 10.1. The minimum Gasteiger partial charge on any atom is -0.366 e. The van der Waals surface area contributed by atoms with Gasteiger partial charge in [0.2, 0.25) is 5.91 Å². The van der Waals surface area contributed by atoms with E-state index in [1.165, 1.54) is 0 Å². The summed E-state index contributed by atoms with van der Waals surface area (Å²) in [6, 6.07) is 5.04. The predicted octanol–water partition coefficient (Wildman–Crippen LogP) is 1.34. The summed E-state index contributed by atoms with van der Waals surface area (Å²) in [6.07, 6.45) is 2.58. The van der Waals surface area contributed by atoms with E-state index in [4.69, 9.17) is 23.1 Å². The van der Waals surface area contributed by atoms with Crippen molar-refractivity contribution in [1.29, 1.82) is 0 Å². The smallest absolute Gasteiger partial charge is 0.249 e. The van der Waals surface area contributed by atoms with Gasteiger partial charge in [-0.05, 0) is 37.1 Å². The molecule has 4 N–H and O–H groups in total. The molecule has 0 saturated heterocycles. The Morgan fingerprint density at radius 3 is 2.79 bits per heavy atom. The fraction of sp³-hybridized carbons (Fsp3) is 0.200. The molecule has 0 heterocycles. The number of primary amides is 1. The summed E-state index contributed by atoms with van der Waals surface area (Å²) in [7, 11) is 0. The lowest BCUT2D eigenvalue weighted by Crippen LogP contribution is -2.13. The number of rotatable bonds is 4. The molecule has 0 aliphatic carbocycles. The van der Waals surface area contributed by atoms with E-state index >= 15 is 0 Å². The molecule has 0 atom stereocenters. The zero-order valence-electron chi connectivity index (χ0n) is 7.66. The Balaban J connectivity index is 2.96. The first-order chi connectivity index (χ1) is 6.65. The van der Waals surface area contributed by atoms with Crippen molar-refractivity contribution >= 4 is 17.5 Å². The Kier molecular flexibility index (Phi) is 3.92. The van der Waals surface area contributed by atoms with E-state index in [0.717, 1.165) is 5.56 Å². The number of carbonyl (C=O) groups excluding carboxylic acids is 1. The minimum absolute atomic E-state index is 0.436. The molecule has 0 bridgehead atoms. The van der Waals surface area contributed by atoms with Crippen LogP contribution in [0.3, 0.4) is 0 Å². The van der Waals surface area contributed by atoms with Crippen LogP contribution in [0.4, 0.5) is 0 Å². The highest BCUT2D eigenvalue weighted by atomic mass is 35.5. The summed E-state index contributed by atoms with van der Waals surface area (Å²) in [4.78, 5) is 11.0. The van der Waals surface area contributed by atoms with Gasteiger partial charge in [0.15, 0.2) is 0 Å². The second kappa shape index (κ2) is 4.98. The third-order valence-corrected chi connectivity index (χ3v) is 2.05. The van der Waals surface area contributed by atoms with Gasteiger partial charge in [-0.3, -0.25) is 4.79 Å². The van der Waals surface area contributed by atoms with E-state index in [1.54, 1.807) is 18.2 Å². The van der Waals surface area contributed by atoms with Gasteiger partial charge in [-0.25, -0.2) is 0 Å². The SMILES string of the molecule is NCC[CH]c1ccc(Cl)cc1C(N)=O. The maximum atomic E-state index is 11.0. The van der Waals surface area contributed by atoms with Crippen LogP contribution in [-0.4, -0.2) is 12.5 Å². The fourth-order valence-electron chi connectivity index (χ4n) is 1.16. The summed E-state index contributed by atoms with van der Waals surface area (Å²) in [5.74, 6) is -0.476. The molecule has 1 radical (unpaired) electrons. The number of carbonyl (C=O) groups is 1. The molecule has 1 aromatic carbocycles. The number of nitrogens with two attached hydrogens (primary N) is 2. The molecule has 3 nitrogen and oxygen atoms in total. The molecule has 1 amide bonds. The molecule has 0 fully saturated rings. The van der Waals surface area contributed by atoms with Crippen LogP contribution in [0.2, 0.25) is 5.02 Å². The zero-order valence-corrected chi connectivity index (χ0v) is 8.42. The summed E-state index contributed by atoms with van der Waals surface area (Å²) in [6.45, 7) is 0.542. The van der Waals surface area contributed by atoms with Gasteiger partial charge in [0.25, 0.3) is 0 Å². The highest BCUT2D eigenvalue weighted by molar-refractivity contribution is 6.31. The van der Waals surface area contributed by atoms with Gasteiger partial charge < -0.3 is 11.5 Å². The lowest BCUT2D eigenvalue weighted by Gasteiger charge is -2.05. The lowest BCUT2D eigenvalue weighted by atomic mass is 10.0. The predicted molar refractivity (Wildman–Crippen MR) is 57.0 cm³/mol. The van der Waals surface area contributed by atoms with Crippen LogP contribution >= 0.6 is 11.6 Å². The van der Waals surface area contributed by atoms with Crippen molar-refractivity contribution in [1.82, 2.24) is 0 Å². The van der Waals surface area contributed by atoms with Gasteiger partial charge in [-0.15, -0.1) is 0 Å². The first-order valence-electron chi connectivity index (χ1n) is 4.27. The molecule has 0 saturated carbocycles. The van der Waals surface area contributed by atoms with Gasteiger partial charge in [-0.2, -0.15) is 0 Å². The molecule has 0 spiro atoms. The molecular formula is C10H12ClN2O. The number of benzene rings is 1. The molecule has 75 valence electrons. The van der Waals surface area contributed by atoms with Crippen LogP contribution in [0.5, 0.6) is 0 Å². The van der Waals surface area contributed by atoms with Crippen LogP contribution in [0.15, 0.2) is 18.2 Å². The van der Waals surface area contributed by atoms with Crippen molar-refractivity contribution in [3.63, 3.8) is 0 Å². The van der Waals surface area contributed by atoms with Gasteiger partial charge in [-0.1, -0.05) is 17.7 Å². The highest BCUT2D eigenvalue weighted by Crippen LogP contribution is 2.17. The van der Waals surface area contributed by atoms with Gasteiger partial charge in [0, 0.05) is 10.6 Å². The minimum atomic E-state index is -0.476. The standard InChI is InChI=1S/C10H12ClN2O/c11-8-4-3-7(2-1-5-12)9(6-8)10(13)14/h2-4,6H,1,5,12H2,(H2,13,14). The molecule has 1 rings (SSSR count). The third-order valence-electron chi connectivity index (χ3n) is 1.81. The van der Waals surface area contributed by atoms with Gasteiger partial charge in [0.05, 0.1) is 0 Å². The molecule has 0 unspecified atom stereocenters. The summed E-state index contributed by atoms with van der Waals surface area (Å²) in [5.41, 5.74) is 11.8. The number of hydrogen-bond acceptors (Lipinski definition) is 2. The zero-order chi connectivity index (χ0) is 10.6. The average Bonchev–Trinajstić information content (AvgIpc) is 2.15. The van der Waals surface area contributed by atoms with Crippen molar-refractivity contribution in [2.24, 2.45) is 11.5 Å².